The van der Waals surface area contributed by atoms with Gasteiger partial charge in [-0.3, -0.25) is 9.58 Å². The van der Waals surface area contributed by atoms with Gasteiger partial charge in [-0.05, 0) is 12.5 Å². The Bertz CT molecular complexity index is 639. The van der Waals surface area contributed by atoms with Crippen molar-refractivity contribution in [3.63, 3.8) is 0 Å². The van der Waals surface area contributed by atoms with Crippen LogP contribution in [0.2, 0.25) is 0 Å². The summed E-state index contributed by atoms with van der Waals surface area (Å²) in [5.41, 5.74) is 1.10. The van der Waals surface area contributed by atoms with E-state index in [1.807, 2.05) is 17.8 Å². The van der Waals surface area contributed by atoms with Crippen molar-refractivity contribution in [2.45, 2.75) is 44.9 Å². The first-order valence-corrected chi connectivity index (χ1v) is 8.72. The normalized spacial score (nSPS) is 22.1. The molecule has 1 fully saturated rings. The molecule has 0 aromatic carbocycles. The average Bonchev–Trinajstić information content (AvgIpc) is 3.19. The van der Waals surface area contributed by atoms with E-state index < -0.39 is 6.17 Å². The number of hydrogen-bond donors (Lipinski definition) is 1. The fraction of sp³-hybridized carbons (Fsp3) is 0.667. The van der Waals surface area contributed by atoms with Crippen LogP contribution in [-0.2, 0) is 13.6 Å². The summed E-state index contributed by atoms with van der Waals surface area (Å²) < 4.78 is 20.1. The number of anilines is 1. The first-order chi connectivity index (χ1) is 11.0. The van der Waals surface area contributed by atoms with Crippen molar-refractivity contribution >= 4 is 16.7 Å². The van der Waals surface area contributed by atoms with E-state index in [1.54, 1.807) is 6.20 Å². The molecule has 0 bridgehead atoms. The molecule has 0 aliphatic carbocycles. The molecule has 1 aliphatic rings. The predicted octanol–water partition coefficient (Wildman–Crippen LogP) is 2.42. The van der Waals surface area contributed by atoms with Gasteiger partial charge < -0.3 is 5.32 Å². The molecule has 0 spiro atoms. The summed E-state index contributed by atoms with van der Waals surface area (Å²) in [6.07, 6.45) is 1.57. The van der Waals surface area contributed by atoms with Gasteiger partial charge in [0, 0.05) is 56.4 Å². The van der Waals surface area contributed by atoms with Crippen molar-refractivity contribution in [2.24, 2.45) is 7.05 Å². The number of alkyl halides is 1. The maximum atomic E-state index is 13.9. The van der Waals surface area contributed by atoms with Gasteiger partial charge in [0.05, 0.1) is 5.69 Å². The summed E-state index contributed by atoms with van der Waals surface area (Å²) in [7, 11) is 1.92. The van der Waals surface area contributed by atoms with Crippen LogP contribution in [0.4, 0.5) is 9.52 Å². The fourth-order valence-corrected chi connectivity index (χ4v) is 3.55. The molecule has 2 atom stereocenters. The monoisotopic (exact) mass is 338 g/mol. The summed E-state index contributed by atoms with van der Waals surface area (Å²) in [5, 5.41) is 8.32. The van der Waals surface area contributed by atoms with E-state index in [0.29, 0.717) is 25.4 Å². The molecule has 2 aromatic rings. The van der Waals surface area contributed by atoms with Gasteiger partial charge in [-0.25, -0.2) is 9.37 Å². The van der Waals surface area contributed by atoms with Gasteiger partial charge in [-0.2, -0.15) is 9.47 Å². The molecule has 126 valence electrons. The van der Waals surface area contributed by atoms with Gasteiger partial charge in [0.2, 0.25) is 5.13 Å². The highest BCUT2D eigenvalue weighted by Crippen LogP contribution is 2.24. The summed E-state index contributed by atoms with van der Waals surface area (Å²) in [6, 6.07) is 2.14. The smallest absolute Gasteiger partial charge is 0.202 e. The van der Waals surface area contributed by atoms with Crippen LogP contribution >= 0.6 is 11.5 Å². The predicted molar refractivity (Wildman–Crippen MR) is 89.4 cm³/mol. The molecular weight excluding hydrogens is 315 g/mol. The maximum Gasteiger partial charge on any atom is 0.202 e. The van der Waals surface area contributed by atoms with Crippen LogP contribution in [0, 0.1) is 0 Å². The highest BCUT2D eigenvalue weighted by Gasteiger charge is 2.32. The number of halogens is 1. The first kappa shape index (κ1) is 16.3. The highest BCUT2D eigenvalue weighted by atomic mass is 32.1. The third kappa shape index (κ3) is 3.87. The van der Waals surface area contributed by atoms with E-state index >= 15 is 0 Å². The standard InChI is InChI=1S/C15H23FN6S/c1-10(2)14-19-15(23-20-14)17-7-13-6-11(16)8-22(13)9-12-4-5-18-21(12)3/h4-5,10-11,13H,6-9H2,1-3H3,(H,17,19,20)/t11-,13-/m0/s1. The van der Waals surface area contributed by atoms with Crippen LogP contribution in [0.15, 0.2) is 12.3 Å². The fourth-order valence-electron chi connectivity index (χ4n) is 2.84. The van der Waals surface area contributed by atoms with Crippen molar-refractivity contribution in [3.8, 4) is 0 Å². The van der Waals surface area contributed by atoms with E-state index in [4.69, 9.17) is 0 Å². The summed E-state index contributed by atoms with van der Waals surface area (Å²) in [6.45, 7) is 6.03. The Morgan fingerprint density at radius 2 is 2.30 bits per heavy atom. The zero-order valence-corrected chi connectivity index (χ0v) is 14.6. The van der Waals surface area contributed by atoms with Gasteiger partial charge in [0.15, 0.2) is 0 Å². The molecule has 3 heterocycles. The van der Waals surface area contributed by atoms with Crippen molar-refractivity contribution < 1.29 is 4.39 Å². The van der Waals surface area contributed by atoms with Gasteiger partial charge in [-0.1, -0.05) is 13.8 Å². The lowest BCUT2D eigenvalue weighted by molar-refractivity contribution is 0.235. The lowest BCUT2D eigenvalue weighted by Crippen LogP contribution is -2.35. The Morgan fingerprint density at radius 3 is 2.96 bits per heavy atom. The lowest BCUT2D eigenvalue weighted by atomic mass is 10.2. The minimum Gasteiger partial charge on any atom is -0.359 e. The molecule has 1 aliphatic heterocycles. The Labute approximate surface area is 139 Å². The molecule has 0 unspecified atom stereocenters. The third-order valence-electron chi connectivity index (χ3n) is 4.21. The van der Waals surface area contributed by atoms with Gasteiger partial charge in [0.25, 0.3) is 0 Å². The van der Waals surface area contributed by atoms with E-state index in [0.717, 1.165) is 23.2 Å². The molecular formula is C15H23FN6S. The molecule has 1 N–H and O–H groups in total. The number of rotatable bonds is 6. The minimum absolute atomic E-state index is 0.159. The molecule has 0 saturated carbocycles. The molecule has 1 saturated heterocycles. The number of likely N-dealkylation sites (tertiary alicyclic amines) is 1. The van der Waals surface area contributed by atoms with E-state index in [2.05, 4.69) is 38.5 Å². The van der Waals surface area contributed by atoms with Crippen molar-refractivity contribution in [3.05, 3.63) is 23.8 Å². The molecule has 8 heteroatoms. The van der Waals surface area contributed by atoms with Gasteiger partial charge in [0.1, 0.15) is 12.0 Å². The Hall–Kier alpha value is -1.54. The van der Waals surface area contributed by atoms with Crippen LogP contribution in [0.1, 0.15) is 37.7 Å². The molecule has 6 nitrogen and oxygen atoms in total. The van der Waals surface area contributed by atoms with Crippen molar-refractivity contribution in [1.82, 2.24) is 24.0 Å². The molecule has 2 aromatic heterocycles. The first-order valence-electron chi connectivity index (χ1n) is 7.95. The third-order valence-corrected chi connectivity index (χ3v) is 4.90. The van der Waals surface area contributed by atoms with Crippen LogP contribution < -0.4 is 5.32 Å². The van der Waals surface area contributed by atoms with Gasteiger partial charge in [-0.15, -0.1) is 0 Å². The van der Waals surface area contributed by atoms with Crippen LogP contribution in [0.5, 0.6) is 0 Å². The zero-order valence-electron chi connectivity index (χ0n) is 13.7. The number of nitrogens with one attached hydrogen (secondary N) is 1. The second-order valence-electron chi connectivity index (χ2n) is 6.36. The second-order valence-corrected chi connectivity index (χ2v) is 7.11. The largest absolute Gasteiger partial charge is 0.359 e. The Balaban J connectivity index is 1.59. The quantitative estimate of drug-likeness (QED) is 0.876. The molecule has 0 radical (unpaired) electrons. The minimum atomic E-state index is -0.768. The summed E-state index contributed by atoms with van der Waals surface area (Å²) in [4.78, 5) is 6.65. The summed E-state index contributed by atoms with van der Waals surface area (Å²) in [5.74, 6) is 1.18. The second kappa shape index (κ2) is 6.92. The molecule has 3 rings (SSSR count). The molecule has 23 heavy (non-hydrogen) atoms. The van der Waals surface area contributed by atoms with Crippen molar-refractivity contribution in [1.29, 1.82) is 0 Å². The number of aromatic nitrogens is 4. The SMILES string of the molecule is CC(C)c1nsc(NC[C@@H]2C[C@H](F)CN2Cc2ccnn2C)n1. The number of nitrogens with zero attached hydrogens (tertiary/aromatic N) is 5. The van der Waals surface area contributed by atoms with E-state index in [-0.39, 0.29) is 6.04 Å². The number of hydrogen-bond acceptors (Lipinski definition) is 6. The molecule has 0 amide bonds. The van der Waals surface area contributed by atoms with E-state index in [9.17, 15) is 4.39 Å². The summed E-state index contributed by atoms with van der Waals surface area (Å²) >= 11 is 1.37. The Kier molecular flexibility index (Phi) is 4.91. The zero-order chi connectivity index (χ0) is 16.4. The van der Waals surface area contributed by atoms with Crippen molar-refractivity contribution in [2.75, 3.05) is 18.4 Å². The van der Waals surface area contributed by atoms with Crippen LogP contribution in [0.3, 0.4) is 0 Å². The average molecular weight is 338 g/mol. The highest BCUT2D eigenvalue weighted by molar-refractivity contribution is 7.09. The number of aryl methyl sites for hydroxylation is 1. The van der Waals surface area contributed by atoms with Crippen LogP contribution in [-0.4, -0.2) is 49.3 Å². The van der Waals surface area contributed by atoms with Gasteiger partial charge >= 0.3 is 0 Å². The maximum absolute atomic E-state index is 13.9. The topological polar surface area (TPSA) is 58.9 Å². The van der Waals surface area contributed by atoms with Crippen LogP contribution in [0.25, 0.3) is 0 Å². The Morgan fingerprint density at radius 1 is 1.48 bits per heavy atom. The lowest BCUT2D eigenvalue weighted by Gasteiger charge is -2.24. The van der Waals surface area contributed by atoms with E-state index in [1.165, 1.54) is 11.5 Å².